The van der Waals surface area contributed by atoms with Crippen molar-refractivity contribution in [3.8, 4) is 11.5 Å². The third-order valence-corrected chi connectivity index (χ3v) is 3.74. The number of carbonyl (C=O) groups is 1. The maximum atomic E-state index is 12.2. The Labute approximate surface area is 146 Å². The normalized spacial score (nSPS) is 10.3. The summed E-state index contributed by atoms with van der Waals surface area (Å²) in [5.41, 5.74) is 0.214. The zero-order valence-corrected chi connectivity index (χ0v) is 13.9. The number of phenolic OH excluding ortho intramolecular Hbond substituents is 1. The van der Waals surface area contributed by atoms with Crippen LogP contribution in [-0.2, 0) is 6.54 Å². The van der Waals surface area contributed by atoms with Gasteiger partial charge in [-0.05, 0) is 18.2 Å². The molecule has 2 aromatic carbocycles. The number of nitro groups is 1. The molecular formula is C15H12Cl2N2O5. The van der Waals surface area contributed by atoms with Gasteiger partial charge < -0.3 is 15.2 Å². The number of nitrogens with zero attached hydrogens (tertiary/aromatic N) is 1. The van der Waals surface area contributed by atoms with Crippen molar-refractivity contribution < 1.29 is 19.6 Å². The lowest BCUT2D eigenvalue weighted by atomic mass is 10.1. The highest BCUT2D eigenvalue weighted by Crippen LogP contribution is 2.33. The molecule has 24 heavy (non-hydrogen) atoms. The molecule has 2 aromatic rings. The number of non-ortho nitro benzene ring substituents is 1. The van der Waals surface area contributed by atoms with E-state index in [9.17, 15) is 20.0 Å². The molecule has 0 radical (unpaired) electrons. The number of amides is 1. The van der Waals surface area contributed by atoms with E-state index in [1.165, 1.54) is 37.4 Å². The Hall–Kier alpha value is -2.51. The van der Waals surface area contributed by atoms with E-state index in [-0.39, 0.29) is 44.9 Å². The number of halogens is 2. The lowest BCUT2D eigenvalue weighted by molar-refractivity contribution is -0.384. The van der Waals surface area contributed by atoms with Crippen LogP contribution in [0.1, 0.15) is 15.9 Å². The number of nitro benzene ring substituents is 1. The summed E-state index contributed by atoms with van der Waals surface area (Å²) in [5.74, 6) is -0.412. The number of nitrogens with one attached hydrogen (secondary N) is 1. The second-order valence-corrected chi connectivity index (χ2v) is 5.54. The fourth-order valence-corrected chi connectivity index (χ4v) is 2.63. The van der Waals surface area contributed by atoms with Crippen LogP contribution in [0.25, 0.3) is 0 Å². The molecule has 0 aliphatic rings. The fraction of sp³-hybridized carbons (Fsp3) is 0.133. The minimum atomic E-state index is -0.590. The van der Waals surface area contributed by atoms with Crippen LogP contribution in [0.5, 0.6) is 11.5 Å². The van der Waals surface area contributed by atoms with Crippen LogP contribution in [0, 0.1) is 10.1 Å². The van der Waals surface area contributed by atoms with Crippen LogP contribution in [0.3, 0.4) is 0 Å². The molecule has 0 spiro atoms. The monoisotopic (exact) mass is 370 g/mol. The van der Waals surface area contributed by atoms with Crippen molar-refractivity contribution in [3.05, 3.63) is 61.6 Å². The van der Waals surface area contributed by atoms with Crippen molar-refractivity contribution in [1.82, 2.24) is 5.32 Å². The standard InChI is InChI=1S/C15H12Cl2N2O5/c1-24-14-11(16)5-8(6-12(14)17)15(21)18-7-9-4-10(19(22)23)2-3-13(9)20/h2-6,20H,7H2,1H3,(H,18,21). The Morgan fingerprint density at radius 2 is 1.92 bits per heavy atom. The molecule has 126 valence electrons. The van der Waals surface area contributed by atoms with Crippen LogP contribution in [0.4, 0.5) is 5.69 Å². The number of hydrogen-bond donors (Lipinski definition) is 2. The van der Waals surface area contributed by atoms with E-state index >= 15 is 0 Å². The molecule has 0 aliphatic heterocycles. The van der Waals surface area contributed by atoms with E-state index < -0.39 is 10.8 Å². The summed E-state index contributed by atoms with van der Waals surface area (Å²) in [5, 5.41) is 23.4. The Morgan fingerprint density at radius 1 is 1.29 bits per heavy atom. The Morgan fingerprint density at radius 3 is 2.46 bits per heavy atom. The van der Waals surface area contributed by atoms with E-state index in [0.717, 1.165) is 0 Å². The third kappa shape index (κ3) is 3.87. The molecule has 1 amide bonds. The summed E-state index contributed by atoms with van der Waals surface area (Å²) >= 11 is 11.9. The van der Waals surface area contributed by atoms with Crippen molar-refractivity contribution in [1.29, 1.82) is 0 Å². The summed E-state index contributed by atoms with van der Waals surface area (Å²) in [6.45, 7) is -0.104. The van der Waals surface area contributed by atoms with Crippen LogP contribution in [-0.4, -0.2) is 23.0 Å². The molecular weight excluding hydrogens is 359 g/mol. The van der Waals surface area contributed by atoms with E-state index in [0.29, 0.717) is 0 Å². The number of carbonyl (C=O) groups excluding carboxylic acids is 1. The second-order valence-electron chi connectivity index (χ2n) is 4.73. The van der Waals surface area contributed by atoms with E-state index in [1.807, 2.05) is 0 Å². The molecule has 9 heteroatoms. The predicted molar refractivity (Wildman–Crippen MR) is 88.9 cm³/mol. The third-order valence-electron chi connectivity index (χ3n) is 3.18. The Balaban J connectivity index is 2.17. The van der Waals surface area contributed by atoms with E-state index in [2.05, 4.69) is 5.32 Å². The van der Waals surface area contributed by atoms with Gasteiger partial charge in [-0.3, -0.25) is 14.9 Å². The molecule has 0 saturated heterocycles. The Kier molecular flexibility index (Phi) is 5.48. The van der Waals surface area contributed by atoms with Crippen molar-refractivity contribution in [3.63, 3.8) is 0 Å². The predicted octanol–water partition coefficient (Wildman–Crippen LogP) is 3.55. The van der Waals surface area contributed by atoms with E-state index in [1.54, 1.807) is 0 Å². The fourth-order valence-electron chi connectivity index (χ4n) is 1.99. The van der Waals surface area contributed by atoms with Crippen molar-refractivity contribution >= 4 is 34.8 Å². The lowest BCUT2D eigenvalue weighted by Crippen LogP contribution is -2.23. The Bertz CT molecular complexity index is 787. The van der Waals surface area contributed by atoms with Crippen molar-refractivity contribution in [2.45, 2.75) is 6.54 Å². The number of rotatable bonds is 5. The van der Waals surface area contributed by atoms with Crippen LogP contribution >= 0.6 is 23.2 Å². The number of phenols is 1. The molecule has 0 bridgehead atoms. The minimum Gasteiger partial charge on any atom is -0.508 e. The molecule has 2 N–H and O–H groups in total. The van der Waals surface area contributed by atoms with Gasteiger partial charge in [0.15, 0.2) is 5.75 Å². The van der Waals surface area contributed by atoms with Crippen LogP contribution in [0.15, 0.2) is 30.3 Å². The maximum absolute atomic E-state index is 12.2. The van der Waals surface area contributed by atoms with Gasteiger partial charge >= 0.3 is 0 Å². The van der Waals surface area contributed by atoms with Crippen molar-refractivity contribution in [2.24, 2.45) is 0 Å². The second kappa shape index (κ2) is 7.37. The highest BCUT2D eigenvalue weighted by molar-refractivity contribution is 6.37. The maximum Gasteiger partial charge on any atom is 0.270 e. The summed E-state index contributed by atoms with van der Waals surface area (Å²) in [6, 6.07) is 6.32. The zero-order chi connectivity index (χ0) is 17.9. The van der Waals surface area contributed by atoms with Gasteiger partial charge in [0.25, 0.3) is 11.6 Å². The molecule has 2 rings (SSSR count). The van der Waals surface area contributed by atoms with Gasteiger partial charge in [-0.25, -0.2) is 0 Å². The molecule has 0 heterocycles. The minimum absolute atomic E-state index is 0.104. The summed E-state index contributed by atoms with van der Waals surface area (Å²) < 4.78 is 5.00. The SMILES string of the molecule is COc1c(Cl)cc(C(=O)NCc2cc([N+](=O)[O-])ccc2O)cc1Cl. The van der Waals surface area contributed by atoms with Gasteiger partial charge in [0, 0.05) is 29.8 Å². The summed E-state index contributed by atoms with van der Waals surface area (Å²) in [7, 11) is 1.40. The van der Waals surface area contributed by atoms with Gasteiger partial charge in [0.1, 0.15) is 5.75 Å². The highest BCUT2D eigenvalue weighted by Gasteiger charge is 2.15. The highest BCUT2D eigenvalue weighted by atomic mass is 35.5. The zero-order valence-electron chi connectivity index (χ0n) is 12.4. The smallest absolute Gasteiger partial charge is 0.270 e. The summed E-state index contributed by atoms with van der Waals surface area (Å²) in [4.78, 5) is 22.3. The topological polar surface area (TPSA) is 102 Å². The lowest BCUT2D eigenvalue weighted by Gasteiger charge is -2.10. The molecule has 0 aromatic heterocycles. The molecule has 0 aliphatic carbocycles. The molecule has 0 saturated carbocycles. The summed E-state index contributed by atoms with van der Waals surface area (Å²) in [6.07, 6.45) is 0. The van der Waals surface area contributed by atoms with Gasteiger partial charge in [0.2, 0.25) is 0 Å². The number of hydrogen-bond acceptors (Lipinski definition) is 5. The van der Waals surface area contributed by atoms with Crippen LogP contribution < -0.4 is 10.1 Å². The first kappa shape index (κ1) is 17.8. The van der Waals surface area contributed by atoms with E-state index in [4.69, 9.17) is 27.9 Å². The first-order chi connectivity index (χ1) is 11.3. The van der Waals surface area contributed by atoms with Crippen molar-refractivity contribution in [2.75, 3.05) is 7.11 Å². The van der Waals surface area contributed by atoms with Crippen LogP contribution in [0.2, 0.25) is 10.0 Å². The van der Waals surface area contributed by atoms with Gasteiger partial charge in [-0.15, -0.1) is 0 Å². The number of aromatic hydroxyl groups is 1. The number of methoxy groups -OCH3 is 1. The number of ether oxygens (including phenoxy) is 1. The largest absolute Gasteiger partial charge is 0.508 e. The van der Waals surface area contributed by atoms with Gasteiger partial charge in [0.05, 0.1) is 22.1 Å². The van der Waals surface area contributed by atoms with Gasteiger partial charge in [-0.2, -0.15) is 0 Å². The first-order valence-corrected chi connectivity index (χ1v) is 7.36. The molecule has 0 unspecified atom stereocenters. The van der Waals surface area contributed by atoms with Gasteiger partial charge in [-0.1, -0.05) is 23.2 Å². The average Bonchev–Trinajstić information content (AvgIpc) is 2.53. The molecule has 0 atom stereocenters. The average molecular weight is 371 g/mol. The first-order valence-electron chi connectivity index (χ1n) is 6.61. The molecule has 0 fully saturated rings. The molecule has 7 nitrogen and oxygen atoms in total. The quantitative estimate of drug-likeness (QED) is 0.618. The number of benzene rings is 2.